The largest absolute Gasteiger partial charge is 0.464 e. The number of ether oxygens (including phenoxy) is 3. The molecule has 31 heavy (non-hydrogen) atoms. The number of piperidine rings is 1. The lowest BCUT2D eigenvalue weighted by Gasteiger charge is -2.41. The average molecular weight is 429 g/mol. The summed E-state index contributed by atoms with van der Waals surface area (Å²) < 4.78 is 16.9. The zero-order valence-electron chi connectivity index (χ0n) is 18.3. The van der Waals surface area contributed by atoms with Crippen molar-refractivity contribution in [3.05, 3.63) is 41.7 Å². The van der Waals surface area contributed by atoms with Gasteiger partial charge in [0, 0.05) is 25.4 Å². The molecule has 3 heterocycles. The monoisotopic (exact) mass is 429 g/mol. The zero-order chi connectivity index (χ0) is 22.8. The first-order valence-corrected chi connectivity index (χ1v) is 9.98. The first-order valence-electron chi connectivity index (χ1n) is 9.98. The third-order valence-corrected chi connectivity index (χ3v) is 5.60. The van der Waals surface area contributed by atoms with Crippen molar-refractivity contribution in [3.8, 4) is 0 Å². The highest BCUT2D eigenvalue weighted by atomic mass is 16.5. The number of carbonyl (C=O) groups excluding carboxylic acids is 3. The predicted molar refractivity (Wildman–Crippen MR) is 114 cm³/mol. The molecule has 0 aliphatic carbocycles. The van der Waals surface area contributed by atoms with E-state index in [1.807, 2.05) is 11.8 Å². The molecule has 1 aliphatic rings. The molecule has 0 unspecified atom stereocenters. The number of pyridine rings is 1. The normalized spacial score (nSPS) is 15.5. The minimum Gasteiger partial charge on any atom is -0.464 e. The molecule has 1 aliphatic heterocycles. The van der Waals surface area contributed by atoms with E-state index in [1.165, 1.54) is 18.7 Å². The Morgan fingerprint density at radius 3 is 2.48 bits per heavy atom. The number of hydrogen-bond acceptors (Lipinski definition) is 8. The Hall–Kier alpha value is -3.20. The number of aromatic nitrogens is 2. The van der Waals surface area contributed by atoms with Gasteiger partial charge in [0.05, 0.1) is 43.2 Å². The molecule has 0 saturated carbocycles. The zero-order valence-corrected chi connectivity index (χ0v) is 18.3. The number of carbonyl (C=O) groups is 3. The van der Waals surface area contributed by atoms with Crippen LogP contribution < -0.4 is 4.90 Å². The molecule has 9 nitrogen and oxygen atoms in total. The van der Waals surface area contributed by atoms with E-state index in [4.69, 9.17) is 9.47 Å². The SMILES string of the molecule is C=CCOC1(C)CCN(c2c(C(=O)C(=O)OC)c(C)cn3nc(C(=O)OC)cc23)CC1. The Balaban J connectivity index is 2.11. The van der Waals surface area contributed by atoms with Crippen LogP contribution in [0.25, 0.3) is 5.52 Å². The molecule has 2 aromatic heterocycles. The van der Waals surface area contributed by atoms with Gasteiger partial charge >= 0.3 is 11.9 Å². The van der Waals surface area contributed by atoms with E-state index in [0.717, 1.165) is 0 Å². The minimum atomic E-state index is -0.947. The molecule has 2 aromatic rings. The van der Waals surface area contributed by atoms with Gasteiger partial charge in [-0.25, -0.2) is 14.1 Å². The standard InChI is InChI=1S/C22H27N3O6/c1-6-11-31-22(3)7-9-24(10-8-22)18-16-12-15(20(27)29-4)23-25(16)13-14(2)17(18)19(26)21(28)30-5/h6,12-13H,1,7-11H2,2-5H3. The second-order valence-electron chi connectivity index (χ2n) is 7.74. The van der Waals surface area contributed by atoms with Crippen molar-refractivity contribution in [1.29, 1.82) is 0 Å². The summed E-state index contributed by atoms with van der Waals surface area (Å²) in [6, 6.07) is 1.57. The van der Waals surface area contributed by atoms with Gasteiger partial charge in [0.2, 0.25) is 0 Å². The number of rotatable bonds is 7. The third kappa shape index (κ3) is 4.32. The molecule has 0 spiro atoms. The van der Waals surface area contributed by atoms with Crippen LogP contribution >= 0.6 is 0 Å². The summed E-state index contributed by atoms with van der Waals surface area (Å²) in [7, 11) is 2.45. The van der Waals surface area contributed by atoms with Crippen LogP contribution in [0.2, 0.25) is 0 Å². The van der Waals surface area contributed by atoms with Crippen LogP contribution in [0.1, 0.15) is 46.2 Å². The Bertz CT molecular complexity index is 1030. The summed E-state index contributed by atoms with van der Waals surface area (Å²) in [5.41, 5.74) is 1.67. The molecule has 1 fully saturated rings. The van der Waals surface area contributed by atoms with Crippen molar-refractivity contribution in [2.75, 3.05) is 38.8 Å². The molecular formula is C22H27N3O6. The van der Waals surface area contributed by atoms with E-state index in [1.54, 1.807) is 25.3 Å². The van der Waals surface area contributed by atoms with E-state index >= 15 is 0 Å². The van der Waals surface area contributed by atoms with Crippen molar-refractivity contribution in [1.82, 2.24) is 9.61 Å². The Morgan fingerprint density at radius 1 is 1.23 bits per heavy atom. The molecule has 0 N–H and O–H groups in total. The van der Waals surface area contributed by atoms with Gasteiger partial charge in [-0.05, 0) is 32.3 Å². The van der Waals surface area contributed by atoms with Crippen molar-refractivity contribution in [3.63, 3.8) is 0 Å². The fraction of sp³-hybridized carbons (Fsp3) is 0.455. The van der Waals surface area contributed by atoms with Gasteiger partial charge in [-0.2, -0.15) is 5.10 Å². The van der Waals surface area contributed by atoms with Crippen LogP contribution in [0.5, 0.6) is 0 Å². The van der Waals surface area contributed by atoms with E-state index in [0.29, 0.717) is 49.3 Å². The van der Waals surface area contributed by atoms with E-state index < -0.39 is 17.7 Å². The van der Waals surface area contributed by atoms with Crippen LogP contribution in [0.4, 0.5) is 5.69 Å². The lowest BCUT2D eigenvalue weighted by atomic mass is 9.91. The number of Topliss-reactive ketones (excluding diaryl/α,β-unsaturated/α-hetero) is 1. The molecule has 0 aromatic carbocycles. The van der Waals surface area contributed by atoms with Crippen LogP contribution in [-0.2, 0) is 19.0 Å². The van der Waals surface area contributed by atoms with E-state index in [9.17, 15) is 14.4 Å². The molecule has 0 amide bonds. The van der Waals surface area contributed by atoms with Gasteiger partial charge in [-0.3, -0.25) is 4.79 Å². The second kappa shape index (κ2) is 8.89. The van der Waals surface area contributed by atoms with E-state index in [2.05, 4.69) is 16.4 Å². The van der Waals surface area contributed by atoms with Crippen LogP contribution in [0.3, 0.4) is 0 Å². The van der Waals surface area contributed by atoms with Gasteiger partial charge in [-0.1, -0.05) is 6.08 Å². The Labute approximate surface area is 180 Å². The third-order valence-electron chi connectivity index (χ3n) is 5.60. The lowest BCUT2D eigenvalue weighted by molar-refractivity contribution is -0.135. The number of hydrogen-bond donors (Lipinski definition) is 0. The molecule has 166 valence electrons. The molecule has 0 atom stereocenters. The van der Waals surface area contributed by atoms with Crippen molar-refractivity contribution < 1.29 is 28.6 Å². The smallest absolute Gasteiger partial charge is 0.379 e. The average Bonchev–Trinajstić information content (AvgIpc) is 3.19. The molecule has 0 radical (unpaired) electrons. The lowest BCUT2D eigenvalue weighted by Crippen LogP contribution is -2.45. The summed E-state index contributed by atoms with van der Waals surface area (Å²) in [5.74, 6) is -2.27. The molecule has 1 saturated heterocycles. The highest BCUT2D eigenvalue weighted by Crippen LogP contribution is 2.35. The maximum absolute atomic E-state index is 12.9. The van der Waals surface area contributed by atoms with Crippen molar-refractivity contribution >= 4 is 28.9 Å². The first kappa shape index (κ1) is 22.5. The minimum absolute atomic E-state index is 0.113. The summed E-state index contributed by atoms with van der Waals surface area (Å²) >= 11 is 0. The summed E-state index contributed by atoms with van der Waals surface area (Å²) in [6.07, 6.45) is 4.76. The van der Waals surface area contributed by atoms with Gasteiger partial charge in [0.15, 0.2) is 5.69 Å². The molecule has 3 rings (SSSR count). The number of fused-ring (bicyclic) bond motifs is 1. The fourth-order valence-electron chi connectivity index (χ4n) is 3.85. The molecule has 9 heteroatoms. The van der Waals surface area contributed by atoms with Gasteiger partial charge in [-0.15, -0.1) is 6.58 Å². The maximum Gasteiger partial charge on any atom is 0.379 e. The Morgan fingerprint density at radius 2 is 1.90 bits per heavy atom. The van der Waals surface area contributed by atoms with Crippen LogP contribution in [0, 0.1) is 6.92 Å². The number of aryl methyl sites for hydroxylation is 1. The quantitative estimate of drug-likeness (QED) is 0.286. The van der Waals surface area contributed by atoms with Gasteiger partial charge in [0.25, 0.3) is 5.78 Å². The number of ketones is 1. The highest BCUT2D eigenvalue weighted by molar-refractivity contribution is 6.42. The molecular weight excluding hydrogens is 402 g/mol. The first-order chi connectivity index (χ1) is 14.7. The topological polar surface area (TPSA) is 99.4 Å². The fourth-order valence-corrected chi connectivity index (χ4v) is 3.85. The van der Waals surface area contributed by atoms with E-state index in [-0.39, 0.29) is 16.9 Å². The van der Waals surface area contributed by atoms with Crippen LogP contribution in [0.15, 0.2) is 24.9 Å². The number of methoxy groups -OCH3 is 2. The predicted octanol–water partition coefficient (Wildman–Crippen LogP) is 2.35. The van der Waals surface area contributed by atoms with Gasteiger partial charge < -0.3 is 19.1 Å². The Kier molecular flexibility index (Phi) is 6.45. The van der Waals surface area contributed by atoms with Crippen molar-refractivity contribution in [2.45, 2.75) is 32.3 Å². The summed E-state index contributed by atoms with van der Waals surface area (Å²) in [4.78, 5) is 39.1. The second-order valence-corrected chi connectivity index (χ2v) is 7.74. The summed E-state index contributed by atoms with van der Waals surface area (Å²) in [6.45, 7) is 9.11. The van der Waals surface area contributed by atoms with Crippen molar-refractivity contribution in [2.24, 2.45) is 0 Å². The molecule has 0 bridgehead atoms. The number of anilines is 1. The number of esters is 2. The summed E-state index contributed by atoms with van der Waals surface area (Å²) in [5, 5.41) is 4.29. The maximum atomic E-state index is 12.9. The van der Waals surface area contributed by atoms with Crippen LogP contribution in [-0.4, -0.2) is 66.9 Å². The van der Waals surface area contributed by atoms with Gasteiger partial charge in [0.1, 0.15) is 0 Å². The number of nitrogens with zero attached hydrogens (tertiary/aromatic N) is 3. The highest BCUT2D eigenvalue weighted by Gasteiger charge is 2.35.